The maximum absolute atomic E-state index is 12.4. The number of likely N-dealkylation sites (N-methyl/N-ethyl adjacent to an activating group) is 2. The van der Waals surface area contributed by atoms with E-state index in [2.05, 4.69) is 49.9 Å². The van der Waals surface area contributed by atoms with Crippen molar-refractivity contribution in [1.29, 1.82) is 5.26 Å². The Bertz CT molecular complexity index is 2070. The van der Waals surface area contributed by atoms with Crippen molar-refractivity contribution in [2.45, 2.75) is 87.8 Å². The van der Waals surface area contributed by atoms with Crippen LogP contribution in [0.15, 0.2) is 17.2 Å². The van der Waals surface area contributed by atoms with Gasteiger partial charge in [-0.2, -0.15) is 26.9 Å². The van der Waals surface area contributed by atoms with Crippen LogP contribution >= 0.6 is 23.1 Å². The van der Waals surface area contributed by atoms with Gasteiger partial charge in [-0.05, 0) is 76.8 Å². The summed E-state index contributed by atoms with van der Waals surface area (Å²) in [7, 11) is -1.71. The second-order valence-electron chi connectivity index (χ2n) is 13.4. The van der Waals surface area contributed by atoms with Gasteiger partial charge < -0.3 is 52.6 Å². The van der Waals surface area contributed by atoms with Gasteiger partial charge in [-0.25, -0.2) is 9.97 Å². The molecule has 7 N–H and O–H groups in total. The Morgan fingerprint density at radius 2 is 1.61 bits per heavy atom. The van der Waals surface area contributed by atoms with Gasteiger partial charge in [-0.15, -0.1) is 11.3 Å². The van der Waals surface area contributed by atoms with Crippen LogP contribution in [0.4, 0.5) is 18.9 Å². The van der Waals surface area contributed by atoms with Crippen molar-refractivity contribution in [3.05, 3.63) is 33.7 Å². The number of pyridine rings is 2. The third-order valence-corrected chi connectivity index (χ3v) is 12.1. The number of thiophene rings is 1. The van der Waals surface area contributed by atoms with Crippen LogP contribution in [0, 0.1) is 11.3 Å². The fourth-order valence-electron chi connectivity index (χ4n) is 6.06. The number of nitrogens with two attached hydrogens (primary N) is 3. The molecular formula is C36H51F3K2N8O10S3. The normalized spacial score (nSPS) is 16.1. The average molecular weight is 987 g/mol. The van der Waals surface area contributed by atoms with E-state index in [1.807, 2.05) is 12.1 Å². The Balaban J connectivity index is 0. The molecule has 0 spiro atoms. The number of primary amides is 2. The summed E-state index contributed by atoms with van der Waals surface area (Å²) in [4.78, 5) is 47.4. The molecule has 336 valence electrons. The Morgan fingerprint density at radius 3 is 2.05 bits per heavy atom. The number of likely N-dealkylation sites (tertiary alicyclic amines) is 2. The first-order chi connectivity index (χ1) is 28.3. The zero-order chi connectivity index (χ0) is 45.2. The minimum atomic E-state index is -5.90. The number of aryl methyl sites for hydroxylation is 2. The summed E-state index contributed by atoms with van der Waals surface area (Å²) in [5.74, 6) is -1.77. The van der Waals surface area contributed by atoms with Crippen LogP contribution in [0.25, 0.3) is 10.2 Å². The maximum Gasteiger partial charge on any atom is 1.00 e. The molecule has 2 atom stereocenters. The largest absolute Gasteiger partial charge is 1.00 e. The van der Waals surface area contributed by atoms with Crippen molar-refractivity contribution < 1.29 is 164 Å². The predicted molar refractivity (Wildman–Crippen MR) is 217 cm³/mol. The number of hydrogen-bond donors (Lipinski definition) is 4. The molecule has 26 heteroatoms. The van der Waals surface area contributed by atoms with Gasteiger partial charge in [-0.1, -0.05) is 38.5 Å². The molecule has 0 bridgehead atoms. The van der Waals surface area contributed by atoms with E-state index in [9.17, 15) is 36.4 Å². The molecule has 2 saturated heterocycles. The number of anilines is 1. The molecule has 0 aromatic carbocycles. The SMILES string of the molecule is CCCc1cc(OC[C@@H]2CCCN2C)nc2sc(C(N)=O)c(N)c12.CCCc1cc(OS(=O)(=O)C(F)(F)F)nc(SCC(N)=O)c1C#N.CN1CCC[C@H]1CO.O=CO[O-].[H-].[K+].[K+]. The van der Waals surface area contributed by atoms with E-state index in [-0.39, 0.29) is 139 Å². The summed E-state index contributed by atoms with van der Waals surface area (Å²) in [5, 5.41) is 27.0. The summed E-state index contributed by atoms with van der Waals surface area (Å²) in [5.41, 5.74) is 12.7. The molecule has 2 aliphatic heterocycles. The molecule has 2 fully saturated rings. The quantitative estimate of drug-likeness (QED) is 0.0221. The van der Waals surface area contributed by atoms with Gasteiger partial charge in [-0.3, -0.25) is 14.4 Å². The average Bonchev–Trinajstić information content (AvgIpc) is 3.90. The number of fused-ring (bicyclic) bond motifs is 1. The number of aliphatic hydroxyl groups is 1. The Hall–Kier alpha value is -1.24. The van der Waals surface area contributed by atoms with E-state index in [0.717, 1.165) is 54.2 Å². The molecule has 0 saturated carbocycles. The number of amides is 2. The van der Waals surface area contributed by atoms with Gasteiger partial charge in [0.1, 0.15) is 27.4 Å². The molecule has 3 aromatic rings. The standard InChI is InChI=1S/C17H24N4O2S.C12H12F3N3O4S2.C6H13NO.CH2O3.2K.H/c1-3-5-10-8-12(23-9-11-6-4-7-21(11)2)20-17-13(10)14(18)15(24-17)16(19)22;1-2-3-7-4-10(22-24(20,21)12(13,14)15)18-11(8(7)5-16)23-6-9(17)19;1-7-4-2-3-6(7)5-8;2-1-4-3;;;/h8,11H,3-7,9,18H2,1-2H3,(H2,19,22);4H,2-3,6H2,1H3,(H2,17,19);6,8H,2-5H2,1H3;1,3H;;;/q;;;;2*+1;-1/p-1/t11-;;6-;;;;/m0.0..../s1. The summed E-state index contributed by atoms with van der Waals surface area (Å²) < 4.78 is 69.4. The molecule has 62 heavy (non-hydrogen) atoms. The zero-order valence-corrected chi connectivity index (χ0v) is 44.2. The van der Waals surface area contributed by atoms with Gasteiger partial charge in [0.05, 0.1) is 23.6 Å². The van der Waals surface area contributed by atoms with Crippen LogP contribution in [0.5, 0.6) is 11.8 Å². The number of aromatic nitrogens is 2. The number of aliphatic hydroxyl groups excluding tert-OH is 1. The van der Waals surface area contributed by atoms with Crippen molar-refractivity contribution in [3.63, 3.8) is 0 Å². The van der Waals surface area contributed by atoms with Gasteiger partial charge in [0.25, 0.3) is 12.4 Å². The number of carbonyl (C=O) groups is 3. The monoisotopic (exact) mass is 986 g/mol. The minimum Gasteiger partial charge on any atom is -1.00 e. The van der Waals surface area contributed by atoms with Crippen LogP contribution in [0.1, 0.15) is 80.2 Å². The fourth-order valence-corrected chi connectivity index (χ4v) is 8.20. The van der Waals surface area contributed by atoms with Gasteiger partial charge >= 0.3 is 118 Å². The van der Waals surface area contributed by atoms with Gasteiger partial charge in [0.15, 0.2) is 0 Å². The first-order valence-electron chi connectivity index (χ1n) is 18.5. The second kappa shape index (κ2) is 30.1. The number of nitriles is 1. The van der Waals surface area contributed by atoms with Crippen LogP contribution in [0.3, 0.4) is 0 Å². The predicted octanol–water partition coefficient (Wildman–Crippen LogP) is -3.26. The molecule has 5 heterocycles. The van der Waals surface area contributed by atoms with E-state index in [1.54, 1.807) is 6.92 Å². The summed E-state index contributed by atoms with van der Waals surface area (Å²) in [6, 6.07) is 5.63. The number of hydrogen-bond acceptors (Lipinski definition) is 18. The first kappa shape index (κ1) is 60.8. The van der Waals surface area contributed by atoms with Crippen molar-refractivity contribution in [2.75, 3.05) is 51.9 Å². The molecule has 3 aromatic heterocycles. The van der Waals surface area contributed by atoms with Crippen molar-refractivity contribution in [2.24, 2.45) is 11.5 Å². The topological polar surface area (TPSA) is 290 Å². The molecule has 5 rings (SSSR count). The number of thioether (sulfide) groups is 1. The number of ether oxygens (including phenoxy) is 1. The maximum atomic E-state index is 12.4. The number of halogens is 3. The number of rotatable bonds is 15. The zero-order valence-electron chi connectivity index (χ0n) is 36.5. The molecular weight excluding hydrogens is 936 g/mol. The van der Waals surface area contributed by atoms with E-state index in [4.69, 9.17) is 37.1 Å². The Morgan fingerprint density at radius 1 is 1.06 bits per heavy atom. The van der Waals surface area contributed by atoms with Gasteiger partial charge in [0, 0.05) is 29.6 Å². The first-order valence-corrected chi connectivity index (χ1v) is 21.7. The van der Waals surface area contributed by atoms with Crippen molar-refractivity contribution in [3.8, 4) is 17.8 Å². The number of alkyl halides is 3. The van der Waals surface area contributed by atoms with E-state index in [1.165, 1.54) is 30.6 Å². The second-order valence-corrected chi connectivity index (χ2v) is 16.9. The molecule has 0 radical (unpaired) electrons. The number of nitrogen functional groups attached to an aromatic ring is 1. The molecule has 0 aliphatic carbocycles. The Labute approximate surface area is 453 Å². The summed E-state index contributed by atoms with van der Waals surface area (Å²) in [6.45, 7) is 6.92. The molecule has 2 aliphatic rings. The third kappa shape index (κ3) is 18.9. The van der Waals surface area contributed by atoms with Crippen LogP contribution in [0.2, 0.25) is 0 Å². The summed E-state index contributed by atoms with van der Waals surface area (Å²) in [6.07, 6.45) is 7.43. The molecule has 18 nitrogen and oxygen atoms in total. The number of nitrogens with zero attached hydrogens (tertiary/aromatic N) is 5. The van der Waals surface area contributed by atoms with Crippen molar-refractivity contribution >= 4 is 67.4 Å². The third-order valence-electron chi connectivity index (χ3n) is 9.02. The van der Waals surface area contributed by atoms with E-state index < -0.39 is 33.3 Å². The van der Waals surface area contributed by atoms with E-state index >= 15 is 0 Å². The van der Waals surface area contributed by atoms with Crippen LogP contribution in [-0.4, -0.2) is 115 Å². The fraction of sp³-hybridized carbons (Fsp3) is 0.556. The van der Waals surface area contributed by atoms with Crippen molar-refractivity contribution in [1.82, 2.24) is 19.8 Å². The number of carbonyl (C=O) groups excluding carboxylic acids is 3. The van der Waals surface area contributed by atoms with Gasteiger partial charge in [0.2, 0.25) is 17.7 Å². The molecule has 0 unspecified atom stereocenters. The minimum absolute atomic E-state index is 0. The summed E-state index contributed by atoms with van der Waals surface area (Å²) >= 11 is 1.95. The Kier molecular flexibility index (Phi) is 29.5. The van der Waals surface area contributed by atoms with Crippen LogP contribution < -0.4 is 134 Å². The van der Waals surface area contributed by atoms with E-state index in [0.29, 0.717) is 59.9 Å². The van der Waals surface area contributed by atoms with Crippen LogP contribution in [-0.2, 0) is 37.4 Å². The molecule has 2 amide bonds. The smallest absolute Gasteiger partial charge is 1.00 e.